The zero-order valence-electron chi connectivity index (χ0n) is 12.5. The van der Waals surface area contributed by atoms with E-state index in [1.807, 2.05) is 25.4 Å². The van der Waals surface area contributed by atoms with Crippen LogP contribution < -0.4 is 0 Å². The van der Waals surface area contributed by atoms with Crippen molar-refractivity contribution >= 4 is 0 Å². The molecule has 1 aliphatic rings. The predicted octanol–water partition coefficient (Wildman–Crippen LogP) is 2.06. The fraction of sp³-hybridized carbons (Fsp3) is 0.438. The molecule has 0 amide bonds. The van der Waals surface area contributed by atoms with Crippen molar-refractivity contribution in [2.24, 2.45) is 0 Å². The highest BCUT2D eigenvalue weighted by Gasteiger charge is 2.23. The van der Waals surface area contributed by atoms with Crippen LogP contribution in [0.4, 0.5) is 0 Å². The molecule has 110 valence electrons. The van der Waals surface area contributed by atoms with Gasteiger partial charge in [-0.2, -0.15) is 0 Å². The normalized spacial score (nSPS) is 19.6. The molecule has 5 nitrogen and oxygen atoms in total. The zero-order valence-corrected chi connectivity index (χ0v) is 12.5. The molecule has 0 aliphatic carbocycles. The Kier molecular flexibility index (Phi) is 4.22. The lowest BCUT2D eigenvalue weighted by atomic mass is 10.1. The van der Waals surface area contributed by atoms with Crippen molar-refractivity contribution < 1.29 is 4.74 Å². The molecule has 1 atom stereocenters. The maximum Gasteiger partial charge on any atom is 0.125 e. The lowest BCUT2D eigenvalue weighted by Gasteiger charge is -2.32. The summed E-state index contributed by atoms with van der Waals surface area (Å²) in [6, 6.07) is 4.00. The summed E-state index contributed by atoms with van der Waals surface area (Å²) >= 11 is 0. The summed E-state index contributed by atoms with van der Waals surface area (Å²) in [4.78, 5) is 15.2. The highest BCUT2D eigenvalue weighted by molar-refractivity contribution is 5.21. The van der Waals surface area contributed by atoms with Crippen LogP contribution in [0.5, 0.6) is 0 Å². The maximum absolute atomic E-state index is 5.87. The number of pyridine rings is 1. The number of hydrogen-bond donors (Lipinski definition) is 0. The number of aromatic nitrogens is 3. The number of aryl methyl sites for hydroxylation is 2. The molecule has 0 aromatic carbocycles. The van der Waals surface area contributed by atoms with E-state index < -0.39 is 0 Å². The lowest BCUT2D eigenvalue weighted by molar-refractivity contribution is -0.0352. The minimum atomic E-state index is 0.0254. The van der Waals surface area contributed by atoms with E-state index in [1.54, 1.807) is 6.20 Å². The summed E-state index contributed by atoms with van der Waals surface area (Å²) in [5, 5.41) is 0. The van der Waals surface area contributed by atoms with Crippen molar-refractivity contribution in [1.29, 1.82) is 0 Å². The average Bonchev–Trinajstić information content (AvgIpc) is 2.50. The van der Waals surface area contributed by atoms with Gasteiger partial charge in [-0.25, -0.2) is 9.97 Å². The Labute approximate surface area is 125 Å². The second-order valence-electron chi connectivity index (χ2n) is 5.43. The fourth-order valence-corrected chi connectivity index (χ4v) is 2.58. The molecular weight excluding hydrogens is 264 g/mol. The highest BCUT2D eigenvalue weighted by atomic mass is 16.5. The Morgan fingerprint density at radius 2 is 2.19 bits per heavy atom. The van der Waals surface area contributed by atoms with Crippen LogP contribution in [-0.4, -0.2) is 39.5 Å². The van der Waals surface area contributed by atoms with Crippen molar-refractivity contribution in [2.45, 2.75) is 26.5 Å². The van der Waals surface area contributed by atoms with E-state index in [2.05, 4.69) is 32.8 Å². The van der Waals surface area contributed by atoms with Crippen LogP contribution in [-0.2, 0) is 11.3 Å². The van der Waals surface area contributed by atoms with Crippen molar-refractivity contribution in [1.82, 2.24) is 19.9 Å². The Morgan fingerprint density at radius 1 is 1.29 bits per heavy atom. The van der Waals surface area contributed by atoms with Gasteiger partial charge in [0.2, 0.25) is 0 Å². The molecule has 0 unspecified atom stereocenters. The molecule has 3 heterocycles. The number of ether oxygens (including phenoxy) is 1. The summed E-state index contributed by atoms with van der Waals surface area (Å²) in [6.07, 6.45) is 5.61. The maximum atomic E-state index is 5.87. The van der Waals surface area contributed by atoms with E-state index >= 15 is 0 Å². The van der Waals surface area contributed by atoms with Crippen molar-refractivity contribution in [3.8, 4) is 0 Å². The average molecular weight is 284 g/mol. The van der Waals surface area contributed by atoms with Crippen LogP contribution in [0.2, 0.25) is 0 Å². The Morgan fingerprint density at radius 3 is 3.00 bits per heavy atom. The predicted molar refractivity (Wildman–Crippen MR) is 79.7 cm³/mol. The van der Waals surface area contributed by atoms with Gasteiger partial charge in [0.25, 0.3) is 0 Å². The largest absolute Gasteiger partial charge is 0.369 e. The van der Waals surface area contributed by atoms with Gasteiger partial charge in [-0.1, -0.05) is 0 Å². The zero-order chi connectivity index (χ0) is 14.7. The van der Waals surface area contributed by atoms with Crippen LogP contribution in [0.25, 0.3) is 0 Å². The molecular formula is C16H20N4O. The van der Waals surface area contributed by atoms with Crippen LogP contribution >= 0.6 is 0 Å². The third-order valence-corrected chi connectivity index (χ3v) is 3.82. The first-order valence-corrected chi connectivity index (χ1v) is 7.25. The van der Waals surface area contributed by atoms with E-state index in [4.69, 9.17) is 4.74 Å². The van der Waals surface area contributed by atoms with Gasteiger partial charge in [0.1, 0.15) is 11.9 Å². The third kappa shape index (κ3) is 3.43. The first-order valence-electron chi connectivity index (χ1n) is 7.25. The Bertz CT molecular complexity index is 617. The van der Waals surface area contributed by atoms with E-state index in [0.29, 0.717) is 0 Å². The van der Waals surface area contributed by atoms with Crippen molar-refractivity contribution in [3.05, 3.63) is 53.4 Å². The first-order chi connectivity index (χ1) is 10.2. The third-order valence-electron chi connectivity index (χ3n) is 3.82. The molecule has 0 radical (unpaired) electrons. The Hall–Kier alpha value is -1.85. The first kappa shape index (κ1) is 14.1. The number of morpholine rings is 1. The minimum Gasteiger partial charge on any atom is -0.369 e. The van der Waals surface area contributed by atoms with Crippen LogP contribution in [0.1, 0.15) is 28.7 Å². The number of nitrogens with zero attached hydrogens (tertiary/aromatic N) is 4. The summed E-state index contributed by atoms with van der Waals surface area (Å²) in [7, 11) is 0. The minimum absolute atomic E-state index is 0.0254. The van der Waals surface area contributed by atoms with Gasteiger partial charge in [0, 0.05) is 38.2 Å². The van der Waals surface area contributed by atoms with Gasteiger partial charge in [-0.3, -0.25) is 9.88 Å². The summed E-state index contributed by atoms with van der Waals surface area (Å²) < 4.78 is 5.87. The van der Waals surface area contributed by atoms with E-state index in [-0.39, 0.29) is 6.10 Å². The highest BCUT2D eigenvalue weighted by Crippen LogP contribution is 2.22. The molecule has 5 heteroatoms. The molecule has 2 aromatic rings. The van der Waals surface area contributed by atoms with E-state index in [9.17, 15) is 0 Å². The number of hydrogen-bond acceptors (Lipinski definition) is 5. The van der Waals surface area contributed by atoms with Crippen molar-refractivity contribution in [2.75, 3.05) is 19.7 Å². The SMILES string of the molecule is Cc1nccc([C@@H]2CN(Cc3cnccc3C)CCO2)n1. The van der Waals surface area contributed by atoms with Crippen molar-refractivity contribution in [3.63, 3.8) is 0 Å². The van der Waals surface area contributed by atoms with Gasteiger partial charge < -0.3 is 4.74 Å². The van der Waals surface area contributed by atoms with E-state index in [1.165, 1.54) is 11.1 Å². The smallest absolute Gasteiger partial charge is 0.125 e. The summed E-state index contributed by atoms with van der Waals surface area (Å²) in [5.74, 6) is 0.788. The van der Waals surface area contributed by atoms with E-state index in [0.717, 1.165) is 37.8 Å². The fourth-order valence-electron chi connectivity index (χ4n) is 2.58. The topological polar surface area (TPSA) is 51.1 Å². The molecule has 0 bridgehead atoms. The second kappa shape index (κ2) is 6.28. The van der Waals surface area contributed by atoms with Crippen LogP contribution in [0.3, 0.4) is 0 Å². The molecule has 1 saturated heterocycles. The molecule has 0 N–H and O–H groups in total. The molecule has 1 aliphatic heterocycles. The standard InChI is InChI=1S/C16H20N4O/c1-12-3-5-17-9-14(12)10-20-7-8-21-16(11-20)15-4-6-18-13(2)19-15/h3-6,9,16H,7-8,10-11H2,1-2H3/t16-/m0/s1. The van der Waals surface area contributed by atoms with Crippen LogP contribution in [0, 0.1) is 13.8 Å². The van der Waals surface area contributed by atoms with Gasteiger partial charge in [-0.05, 0) is 37.1 Å². The second-order valence-corrected chi connectivity index (χ2v) is 5.43. The van der Waals surface area contributed by atoms with Crippen LogP contribution in [0.15, 0.2) is 30.7 Å². The molecule has 3 rings (SSSR count). The molecule has 0 saturated carbocycles. The molecule has 1 fully saturated rings. The van der Waals surface area contributed by atoms with Gasteiger partial charge in [0.05, 0.1) is 12.3 Å². The molecule has 2 aromatic heterocycles. The lowest BCUT2D eigenvalue weighted by Crippen LogP contribution is -2.38. The van der Waals surface area contributed by atoms with Gasteiger partial charge in [-0.15, -0.1) is 0 Å². The molecule has 21 heavy (non-hydrogen) atoms. The number of rotatable bonds is 3. The quantitative estimate of drug-likeness (QED) is 0.863. The summed E-state index contributed by atoms with van der Waals surface area (Å²) in [5.41, 5.74) is 3.53. The monoisotopic (exact) mass is 284 g/mol. The van der Waals surface area contributed by atoms with Gasteiger partial charge >= 0.3 is 0 Å². The van der Waals surface area contributed by atoms with Gasteiger partial charge in [0.15, 0.2) is 0 Å². The summed E-state index contributed by atoms with van der Waals surface area (Å²) in [6.45, 7) is 7.46. The Balaban J connectivity index is 1.70. The molecule has 0 spiro atoms.